The average Bonchev–Trinajstić information content (AvgIpc) is 2.74. The summed E-state index contributed by atoms with van der Waals surface area (Å²) in [5.41, 5.74) is 1.23. The molecule has 2 heterocycles. The van der Waals surface area contributed by atoms with Gasteiger partial charge < -0.3 is 10.1 Å². The van der Waals surface area contributed by atoms with E-state index in [1.165, 1.54) is 10.6 Å². The van der Waals surface area contributed by atoms with Crippen LogP contribution in [0.15, 0.2) is 0 Å². The lowest BCUT2D eigenvalue weighted by Crippen LogP contribution is -2.15. The van der Waals surface area contributed by atoms with Gasteiger partial charge in [-0.3, -0.25) is 0 Å². The van der Waals surface area contributed by atoms with E-state index in [4.69, 9.17) is 9.72 Å². The fourth-order valence-electron chi connectivity index (χ4n) is 1.75. The number of rotatable bonds is 4. The predicted octanol–water partition coefficient (Wildman–Crippen LogP) is 2.23. The summed E-state index contributed by atoms with van der Waals surface area (Å²) < 4.78 is 5.76. The summed E-state index contributed by atoms with van der Waals surface area (Å²) in [6.45, 7) is 3.94. The molecule has 1 N–H and O–H groups in total. The fourth-order valence-corrected chi connectivity index (χ4v) is 3.92. The van der Waals surface area contributed by atoms with E-state index in [-0.39, 0.29) is 6.10 Å². The van der Waals surface area contributed by atoms with Gasteiger partial charge in [-0.05, 0) is 13.5 Å². The maximum Gasteiger partial charge on any atom is 0.123 e. The molecule has 0 amide bonds. The molecule has 0 aliphatic carbocycles. The SMILES string of the molecule is CCc1nc(C2CSCCO2)sc1CNC. The zero-order chi connectivity index (χ0) is 11.4. The maximum atomic E-state index is 5.76. The highest BCUT2D eigenvalue weighted by molar-refractivity contribution is 7.99. The topological polar surface area (TPSA) is 34.1 Å². The molecule has 1 aromatic rings. The second kappa shape index (κ2) is 6.00. The molecule has 0 radical (unpaired) electrons. The van der Waals surface area contributed by atoms with Crippen molar-refractivity contribution in [2.75, 3.05) is 25.2 Å². The number of aryl methyl sites for hydroxylation is 1. The van der Waals surface area contributed by atoms with Crippen molar-refractivity contribution >= 4 is 23.1 Å². The molecule has 5 heteroatoms. The van der Waals surface area contributed by atoms with Crippen LogP contribution in [-0.2, 0) is 17.7 Å². The summed E-state index contributed by atoms with van der Waals surface area (Å²) >= 11 is 3.76. The van der Waals surface area contributed by atoms with Gasteiger partial charge in [-0.25, -0.2) is 4.98 Å². The van der Waals surface area contributed by atoms with Gasteiger partial charge in [0.1, 0.15) is 11.1 Å². The normalized spacial score (nSPS) is 21.2. The molecule has 1 fully saturated rings. The lowest BCUT2D eigenvalue weighted by molar-refractivity contribution is 0.0754. The third kappa shape index (κ3) is 2.77. The first-order chi connectivity index (χ1) is 7.85. The number of aromatic nitrogens is 1. The Labute approximate surface area is 105 Å². The summed E-state index contributed by atoms with van der Waals surface area (Å²) in [6, 6.07) is 0. The predicted molar refractivity (Wildman–Crippen MR) is 70.3 cm³/mol. The Balaban J connectivity index is 2.14. The number of ether oxygens (including phenoxy) is 1. The van der Waals surface area contributed by atoms with E-state index < -0.39 is 0 Å². The van der Waals surface area contributed by atoms with E-state index in [1.807, 2.05) is 18.8 Å². The van der Waals surface area contributed by atoms with Crippen LogP contribution in [0.2, 0.25) is 0 Å². The van der Waals surface area contributed by atoms with Gasteiger partial charge in [0.15, 0.2) is 0 Å². The van der Waals surface area contributed by atoms with Crippen molar-refractivity contribution in [3.05, 3.63) is 15.6 Å². The number of hydrogen-bond acceptors (Lipinski definition) is 5. The van der Waals surface area contributed by atoms with E-state index in [9.17, 15) is 0 Å². The third-order valence-electron chi connectivity index (χ3n) is 2.56. The highest BCUT2D eigenvalue weighted by Gasteiger charge is 2.21. The maximum absolute atomic E-state index is 5.76. The molecule has 0 saturated carbocycles. The smallest absolute Gasteiger partial charge is 0.123 e. The highest BCUT2D eigenvalue weighted by Crippen LogP contribution is 2.31. The molecule has 0 bridgehead atoms. The summed E-state index contributed by atoms with van der Waals surface area (Å²) in [5.74, 6) is 2.17. The van der Waals surface area contributed by atoms with E-state index in [1.54, 1.807) is 11.3 Å². The van der Waals surface area contributed by atoms with Crippen molar-refractivity contribution in [3.63, 3.8) is 0 Å². The third-order valence-corrected chi connectivity index (χ3v) is 4.74. The molecule has 1 aromatic heterocycles. The van der Waals surface area contributed by atoms with E-state index in [0.29, 0.717) is 0 Å². The van der Waals surface area contributed by atoms with Crippen molar-refractivity contribution in [3.8, 4) is 0 Å². The quantitative estimate of drug-likeness (QED) is 0.898. The minimum absolute atomic E-state index is 0.222. The Bertz CT molecular complexity index is 335. The van der Waals surface area contributed by atoms with Crippen LogP contribution in [0.4, 0.5) is 0 Å². The van der Waals surface area contributed by atoms with Crippen molar-refractivity contribution in [1.29, 1.82) is 0 Å². The average molecular weight is 258 g/mol. The number of thiazole rings is 1. The Morgan fingerprint density at radius 1 is 1.56 bits per heavy atom. The zero-order valence-electron chi connectivity index (χ0n) is 9.78. The molecule has 16 heavy (non-hydrogen) atoms. The lowest BCUT2D eigenvalue weighted by atomic mass is 10.3. The molecular weight excluding hydrogens is 240 g/mol. The van der Waals surface area contributed by atoms with Crippen LogP contribution in [0.1, 0.15) is 28.6 Å². The van der Waals surface area contributed by atoms with Crippen molar-refractivity contribution < 1.29 is 4.74 Å². The number of thioether (sulfide) groups is 1. The number of hydrogen-bond donors (Lipinski definition) is 1. The Morgan fingerprint density at radius 3 is 3.06 bits per heavy atom. The van der Waals surface area contributed by atoms with E-state index in [0.717, 1.165) is 36.1 Å². The standard InChI is InChI=1S/C11H18N2OS2/c1-3-8-10(6-12-2)16-11(13-8)9-7-15-5-4-14-9/h9,12H,3-7H2,1-2H3. The lowest BCUT2D eigenvalue weighted by Gasteiger charge is -2.19. The molecule has 1 aliphatic heterocycles. The molecule has 0 spiro atoms. The molecule has 90 valence electrons. The van der Waals surface area contributed by atoms with Gasteiger partial charge in [-0.1, -0.05) is 6.92 Å². The zero-order valence-corrected chi connectivity index (χ0v) is 11.4. The number of nitrogens with zero attached hydrogens (tertiary/aromatic N) is 1. The van der Waals surface area contributed by atoms with E-state index in [2.05, 4.69) is 12.2 Å². The molecule has 1 atom stereocenters. The van der Waals surface area contributed by atoms with Gasteiger partial charge >= 0.3 is 0 Å². The first-order valence-corrected chi connectivity index (χ1v) is 7.64. The molecule has 3 nitrogen and oxygen atoms in total. The first kappa shape index (κ1) is 12.4. The molecule has 1 saturated heterocycles. The summed E-state index contributed by atoms with van der Waals surface area (Å²) in [5, 5.41) is 4.36. The van der Waals surface area contributed by atoms with Crippen LogP contribution in [0.5, 0.6) is 0 Å². The van der Waals surface area contributed by atoms with Gasteiger partial charge in [-0.15, -0.1) is 11.3 Å². The largest absolute Gasteiger partial charge is 0.369 e. The summed E-state index contributed by atoms with van der Waals surface area (Å²) in [7, 11) is 1.98. The van der Waals surface area contributed by atoms with Crippen molar-refractivity contribution in [2.45, 2.75) is 26.0 Å². The highest BCUT2D eigenvalue weighted by atomic mass is 32.2. The van der Waals surface area contributed by atoms with Gasteiger partial charge in [0.05, 0.1) is 12.3 Å². The van der Waals surface area contributed by atoms with Crippen LogP contribution in [0.3, 0.4) is 0 Å². The van der Waals surface area contributed by atoms with E-state index >= 15 is 0 Å². The van der Waals surface area contributed by atoms with Gasteiger partial charge in [0.2, 0.25) is 0 Å². The second-order valence-corrected chi connectivity index (χ2v) is 6.01. The number of nitrogens with one attached hydrogen (secondary N) is 1. The van der Waals surface area contributed by atoms with Gasteiger partial charge in [0.25, 0.3) is 0 Å². The van der Waals surface area contributed by atoms with Crippen molar-refractivity contribution in [1.82, 2.24) is 10.3 Å². The van der Waals surface area contributed by atoms with Crippen molar-refractivity contribution in [2.24, 2.45) is 0 Å². The Kier molecular flexibility index (Phi) is 4.64. The molecule has 1 aliphatic rings. The Hall–Kier alpha value is -0.100. The summed E-state index contributed by atoms with van der Waals surface area (Å²) in [6.07, 6.45) is 1.23. The monoisotopic (exact) mass is 258 g/mol. The second-order valence-electron chi connectivity index (χ2n) is 3.74. The van der Waals surface area contributed by atoms with Crippen LogP contribution in [0.25, 0.3) is 0 Å². The van der Waals surface area contributed by atoms with Crippen LogP contribution >= 0.6 is 23.1 Å². The molecule has 0 aromatic carbocycles. The molecular formula is C11H18N2OS2. The van der Waals surface area contributed by atoms with Crippen LogP contribution in [-0.4, -0.2) is 30.1 Å². The Morgan fingerprint density at radius 2 is 2.44 bits per heavy atom. The van der Waals surface area contributed by atoms with Crippen LogP contribution < -0.4 is 5.32 Å². The minimum atomic E-state index is 0.222. The molecule has 1 unspecified atom stereocenters. The minimum Gasteiger partial charge on any atom is -0.369 e. The molecule has 2 rings (SSSR count). The first-order valence-electron chi connectivity index (χ1n) is 5.67. The van der Waals surface area contributed by atoms with Gasteiger partial charge in [0, 0.05) is 22.9 Å². The van der Waals surface area contributed by atoms with Gasteiger partial charge in [-0.2, -0.15) is 11.8 Å². The summed E-state index contributed by atoms with van der Waals surface area (Å²) in [4.78, 5) is 6.07. The van der Waals surface area contributed by atoms with Crippen LogP contribution in [0, 0.1) is 0 Å². The fraction of sp³-hybridized carbons (Fsp3) is 0.727.